The van der Waals surface area contributed by atoms with Crippen LogP contribution >= 0.6 is 39.3 Å². The van der Waals surface area contributed by atoms with Gasteiger partial charge in [-0.15, -0.1) is 11.6 Å². The predicted octanol–water partition coefficient (Wildman–Crippen LogP) is 3.93. The van der Waals surface area contributed by atoms with Crippen molar-refractivity contribution in [3.8, 4) is 0 Å². The van der Waals surface area contributed by atoms with Crippen molar-refractivity contribution in [1.82, 2.24) is 14.5 Å². The largest absolute Gasteiger partial charge is 0.311 e. The molecule has 98 valence electrons. The Morgan fingerprint density at radius 1 is 1.56 bits per heavy atom. The van der Waals surface area contributed by atoms with Gasteiger partial charge in [0.05, 0.1) is 5.88 Å². The topological polar surface area (TPSA) is 30.7 Å². The van der Waals surface area contributed by atoms with Crippen LogP contribution in [0.5, 0.6) is 0 Å². The summed E-state index contributed by atoms with van der Waals surface area (Å²) in [6, 6.07) is 1.98. The van der Waals surface area contributed by atoms with Crippen molar-refractivity contribution < 1.29 is 0 Å². The number of pyridine rings is 1. The Morgan fingerprint density at radius 2 is 2.33 bits per heavy atom. The first-order chi connectivity index (χ1) is 8.65. The quantitative estimate of drug-likeness (QED) is 0.767. The Kier molecular flexibility index (Phi) is 4.92. The first-order valence-electron chi connectivity index (χ1n) is 5.71. The van der Waals surface area contributed by atoms with Crippen molar-refractivity contribution in [2.24, 2.45) is 5.92 Å². The second kappa shape index (κ2) is 6.26. The Labute approximate surface area is 124 Å². The number of hydrogen-bond acceptors (Lipinski definition) is 3. The average Bonchev–Trinajstić information content (AvgIpc) is 2.66. The summed E-state index contributed by atoms with van der Waals surface area (Å²) in [7, 11) is 0. The zero-order chi connectivity index (χ0) is 13.1. The van der Waals surface area contributed by atoms with Gasteiger partial charge in [0.2, 0.25) is 0 Å². The van der Waals surface area contributed by atoms with Gasteiger partial charge in [-0.1, -0.05) is 6.92 Å². The molecule has 0 aliphatic rings. The van der Waals surface area contributed by atoms with E-state index in [1.165, 1.54) is 0 Å². The summed E-state index contributed by atoms with van der Waals surface area (Å²) < 4.78 is 3.08. The van der Waals surface area contributed by atoms with Gasteiger partial charge in [0.25, 0.3) is 0 Å². The lowest BCUT2D eigenvalue weighted by atomic mass is 10.2. The Bertz CT molecular complexity index is 543. The van der Waals surface area contributed by atoms with E-state index in [0.717, 1.165) is 33.8 Å². The predicted molar refractivity (Wildman–Crippen MR) is 82.3 cm³/mol. The van der Waals surface area contributed by atoms with Crippen molar-refractivity contribution in [2.75, 3.05) is 12.0 Å². The van der Waals surface area contributed by atoms with Crippen LogP contribution in [0.3, 0.4) is 0 Å². The van der Waals surface area contributed by atoms with Gasteiger partial charge in [-0.25, -0.2) is 9.97 Å². The molecule has 0 amide bonds. The Balaban J connectivity index is 2.40. The highest BCUT2D eigenvalue weighted by atomic mass is 79.9. The second-order valence-electron chi connectivity index (χ2n) is 4.33. The van der Waals surface area contributed by atoms with Gasteiger partial charge < -0.3 is 4.57 Å². The molecular weight excluding hydrogens is 334 g/mol. The SMILES string of the molecule is CSCC(C)Cn1c(CCl)nc2cc(Br)cnc21. The summed E-state index contributed by atoms with van der Waals surface area (Å²) in [4.78, 5) is 8.99. The maximum absolute atomic E-state index is 5.98. The molecule has 3 nitrogen and oxygen atoms in total. The molecule has 2 aromatic heterocycles. The summed E-state index contributed by atoms with van der Waals surface area (Å²) in [5, 5.41) is 0. The van der Waals surface area contributed by atoms with Crippen LogP contribution < -0.4 is 0 Å². The van der Waals surface area contributed by atoms with E-state index in [4.69, 9.17) is 11.6 Å². The maximum Gasteiger partial charge on any atom is 0.160 e. The molecule has 2 rings (SSSR count). The van der Waals surface area contributed by atoms with Crippen molar-refractivity contribution in [3.05, 3.63) is 22.6 Å². The van der Waals surface area contributed by atoms with E-state index in [-0.39, 0.29) is 0 Å². The molecule has 1 unspecified atom stereocenters. The number of hydrogen-bond donors (Lipinski definition) is 0. The van der Waals surface area contributed by atoms with Crippen LogP contribution in [0.15, 0.2) is 16.7 Å². The molecule has 0 aliphatic carbocycles. The van der Waals surface area contributed by atoms with Crippen LogP contribution in [0.1, 0.15) is 12.7 Å². The van der Waals surface area contributed by atoms with Crippen LogP contribution in [-0.4, -0.2) is 26.5 Å². The molecule has 0 aliphatic heterocycles. The van der Waals surface area contributed by atoms with E-state index in [1.807, 2.05) is 17.8 Å². The molecule has 0 fully saturated rings. The van der Waals surface area contributed by atoms with Crippen molar-refractivity contribution >= 4 is 50.5 Å². The van der Waals surface area contributed by atoms with Crippen LogP contribution in [-0.2, 0) is 12.4 Å². The molecule has 1 atom stereocenters. The molecule has 2 heterocycles. The number of imidazole rings is 1. The van der Waals surface area contributed by atoms with Gasteiger partial charge in [0.1, 0.15) is 11.3 Å². The third kappa shape index (κ3) is 3.00. The van der Waals surface area contributed by atoms with Crippen LogP contribution in [0, 0.1) is 5.92 Å². The van der Waals surface area contributed by atoms with Crippen molar-refractivity contribution in [2.45, 2.75) is 19.3 Å². The van der Waals surface area contributed by atoms with E-state index in [1.54, 1.807) is 6.20 Å². The second-order valence-corrected chi connectivity index (χ2v) is 6.42. The summed E-state index contributed by atoms with van der Waals surface area (Å²) >= 11 is 11.2. The summed E-state index contributed by atoms with van der Waals surface area (Å²) in [5.74, 6) is 3.01. The van der Waals surface area contributed by atoms with Crippen LogP contribution in [0.25, 0.3) is 11.2 Å². The minimum Gasteiger partial charge on any atom is -0.311 e. The summed E-state index contributed by atoms with van der Waals surface area (Å²) in [6.07, 6.45) is 3.93. The number of aromatic nitrogens is 3. The van der Waals surface area contributed by atoms with E-state index >= 15 is 0 Å². The lowest BCUT2D eigenvalue weighted by molar-refractivity contribution is 0.528. The fraction of sp³-hybridized carbons (Fsp3) is 0.500. The molecular formula is C12H15BrClN3S. The third-order valence-electron chi connectivity index (χ3n) is 2.70. The Morgan fingerprint density at radius 3 is 3.00 bits per heavy atom. The zero-order valence-electron chi connectivity index (χ0n) is 10.4. The smallest absolute Gasteiger partial charge is 0.160 e. The average molecular weight is 349 g/mol. The first kappa shape index (κ1) is 14.2. The Hall–Kier alpha value is -0.260. The standard InChI is InChI=1S/C12H15BrClN3S/c1-8(7-18-2)6-17-11(4-14)16-10-3-9(13)5-15-12(10)17/h3,5,8H,4,6-7H2,1-2H3. The molecule has 18 heavy (non-hydrogen) atoms. The molecule has 0 bridgehead atoms. The molecule has 0 spiro atoms. The molecule has 0 N–H and O–H groups in total. The van der Waals surface area contributed by atoms with Gasteiger partial charge >= 0.3 is 0 Å². The lowest BCUT2D eigenvalue weighted by Crippen LogP contribution is -2.12. The van der Waals surface area contributed by atoms with Gasteiger partial charge in [-0.3, -0.25) is 0 Å². The summed E-state index contributed by atoms with van der Waals surface area (Å²) in [5.41, 5.74) is 1.82. The maximum atomic E-state index is 5.98. The van der Waals surface area contributed by atoms with E-state index in [9.17, 15) is 0 Å². The number of thioether (sulfide) groups is 1. The van der Waals surface area contributed by atoms with Gasteiger partial charge in [0.15, 0.2) is 5.65 Å². The molecule has 0 saturated carbocycles. The van der Waals surface area contributed by atoms with Crippen molar-refractivity contribution in [3.63, 3.8) is 0 Å². The highest BCUT2D eigenvalue weighted by Gasteiger charge is 2.13. The molecule has 0 aromatic carbocycles. The fourth-order valence-corrected chi connectivity index (χ4v) is 3.17. The minimum absolute atomic E-state index is 0.417. The highest BCUT2D eigenvalue weighted by molar-refractivity contribution is 9.10. The zero-order valence-corrected chi connectivity index (χ0v) is 13.5. The van der Waals surface area contributed by atoms with E-state index in [2.05, 4.69) is 43.6 Å². The third-order valence-corrected chi connectivity index (χ3v) is 4.27. The van der Waals surface area contributed by atoms with E-state index in [0.29, 0.717) is 11.8 Å². The highest BCUT2D eigenvalue weighted by Crippen LogP contribution is 2.21. The van der Waals surface area contributed by atoms with Crippen molar-refractivity contribution in [1.29, 1.82) is 0 Å². The molecule has 0 saturated heterocycles. The van der Waals surface area contributed by atoms with Gasteiger partial charge in [-0.05, 0) is 39.9 Å². The lowest BCUT2D eigenvalue weighted by Gasteiger charge is -2.13. The fourth-order valence-electron chi connectivity index (χ4n) is 1.98. The molecule has 6 heteroatoms. The van der Waals surface area contributed by atoms with Gasteiger partial charge in [-0.2, -0.15) is 11.8 Å². The monoisotopic (exact) mass is 347 g/mol. The summed E-state index contributed by atoms with van der Waals surface area (Å²) in [6.45, 7) is 3.15. The number of nitrogens with zero attached hydrogens (tertiary/aromatic N) is 3. The normalized spacial score (nSPS) is 13.1. The number of alkyl halides is 1. The number of fused-ring (bicyclic) bond motifs is 1. The van der Waals surface area contributed by atoms with Crippen LogP contribution in [0.2, 0.25) is 0 Å². The molecule has 0 radical (unpaired) electrons. The number of rotatable bonds is 5. The minimum atomic E-state index is 0.417. The number of halogens is 2. The van der Waals surface area contributed by atoms with Crippen LogP contribution in [0.4, 0.5) is 0 Å². The first-order valence-corrected chi connectivity index (χ1v) is 8.43. The molecule has 2 aromatic rings. The van der Waals surface area contributed by atoms with E-state index < -0.39 is 0 Å². The van der Waals surface area contributed by atoms with Gasteiger partial charge in [0, 0.05) is 17.2 Å².